The topological polar surface area (TPSA) is 38.3 Å². The molecule has 0 radical (unpaired) electrons. The van der Waals surface area contributed by atoms with E-state index in [1.807, 2.05) is 24.3 Å². The lowest BCUT2D eigenvalue weighted by Crippen LogP contribution is -2.07. The number of hydrogen-bond acceptors (Lipinski definition) is 2. The molecule has 0 aliphatic carbocycles. The Hall–Kier alpha value is -2.55. The standard InChI is InChI=1S/C18H19NO2/c1-3-14-4-6-15(7-5-14)8-13-18(20)19-16-9-11-17(21-2)12-10-16/h4-13H,3H2,1-2H3,(H,19,20)/b13-8+. The first kappa shape index (κ1) is 14.9. The number of benzene rings is 2. The number of carbonyl (C=O) groups excluding carboxylic acids is 1. The van der Waals surface area contributed by atoms with Crippen molar-refractivity contribution in [2.45, 2.75) is 13.3 Å². The first-order valence-electron chi connectivity index (χ1n) is 6.93. The van der Waals surface area contributed by atoms with Crippen LogP contribution in [0.15, 0.2) is 54.6 Å². The van der Waals surface area contributed by atoms with E-state index in [0.717, 1.165) is 23.4 Å². The summed E-state index contributed by atoms with van der Waals surface area (Å²) in [6.45, 7) is 2.12. The normalized spacial score (nSPS) is 10.6. The van der Waals surface area contributed by atoms with Crippen LogP contribution in [0.3, 0.4) is 0 Å². The number of aryl methyl sites for hydroxylation is 1. The van der Waals surface area contributed by atoms with E-state index in [1.165, 1.54) is 11.6 Å². The molecule has 1 amide bonds. The predicted molar refractivity (Wildman–Crippen MR) is 86.5 cm³/mol. The Morgan fingerprint density at radius 1 is 1.10 bits per heavy atom. The quantitative estimate of drug-likeness (QED) is 0.844. The van der Waals surface area contributed by atoms with Gasteiger partial charge < -0.3 is 10.1 Å². The summed E-state index contributed by atoms with van der Waals surface area (Å²) < 4.78 is 5.07. The van der Waals surface area contributed by atoms with Crippen molar-refractivity contribution >= 4 is 17.7 Å². The zero-order valence-corrected chi connectivity index (χ0v) is 12.3. The van der Waals surface area contributed by atoms with Crippen LogP contribution in [0.25, 0.3) is 6.08 Å². The number of amides is 1. The molecule has 21 heavy (non-hydrogen) atoms. The molecule has 0 aliphatic rings. The molecule has 2 aromatic carbocycles. The van der Waals surface area contributed by atoms with E-state index >= 15 is 0 Å². The second-order valence-electron chi connectivity index (χ2n) is 4.65. The molecule has 0 heterocycles. The first-order chi connectivity index (χ1) is 10.2. The predicted octanol–water partition coefficient (Wildman–Crippen LogP) is 3.91. The van der Waals surface area contributed by atoms with E-state index in [2.05, 4.69) is 24.4 Å². The number of carbonyl (C=O) groups is 1. The third-order valence-corrected chi connectivity index (χ3v) is 3.17. The van der Waals surface area contributed by atoms with Gasteiger partial charge in [-0.3, -0.25) is 4.79 Å². The molecule has 0 saturated carbocycles. The molecule has 0 saturated heterocycles. The number of hydrogen-bond donors (Lipinski definition) is 1. The molecule has 0 aromatic heterocycles. The maximum atomic E-state index is 11.8. The summed E-state index contributed by atoms with van der Waals surface area (Å²) in [7, 11) is 1.61. The molecule has 0 fully saturated rings. The van der Waals surface area contributed by atoms with E-state index < -0.39 is 0 Å². The Balaban J connectivity index is 1.94. The third kappa shape index (κ3) is 4.49. The highest BCUT2D eigenvalue weighted by atomic mass is 16.5. The number of methoxy groups -OCH3 is 1. The van der Waals surface area contributed by atoms with Gasteiger partial charge in [0.25, 0.3) is 0 Å². The minimum absolute atomic E-state index is 0.153. The van der Waals surface area contributed by atoms with E-state index in [-0.39, 0.29) is 5.91 Å². The van der Waals surface area contributed by atoms with Crippen molar-refractivity contribution < 1.29 is 9.53 Å². The Kier molecular flexibility index (Phi) is 5.16. The molecule has 0 aliphatic heterocycles. The van der Waals surface area contributed by atoms with Gasteiger partial charge in [-0.1, -0.05) is 31.2 Å². The van der Waals surface area contributed by atoms with Crippen LogP contribution >= 0.6 is 0 Å². The van der Waals surface area contributed by atoms with Crippen molar-refractivity contribution in [1.29, 1.82) is 0 Å². The molecule has 0 bridgehead atoms. The third-order valence-electron chi connectivity index (χ3n) is 3.17. The summed E-state index contributed by atoms with van der Waals surface area (Å²) in [5.74, 6) is 0.610. The van der Waals surface area contributed by atoms with Crippen molar-refractivity contribution in [3.05, 3.63) is 65.7 Å². The minimum atomic E-state index is -0.153. The highest BCUT2D eigenvalue weighted by Crippen LogP contribution is 2.15. The average Bonchev–Trinajstić information content (AvgIpc) is 2.54. The van der Waals surface area contributed by atoms with Gasteiger partial charge in [-0.05, 0) is 47.9 Å². The van der Waals surface area contributed by atoms with Crippen LogP contribution in [0.4, 0.5) is 5.69 Å². The van der Waals surface area contributed by atoms with Crippen molar-refractivity contribution in [2.24, 2.45) is 0 Å². The monoisotopic (exact) mass is 281 g/mol. The summed E-state index contributed by atoms with van der Waals surface area (Å²) in [6, 6.07) is 15.4. The van der Waals surface area contributed by atoms with E-state index in [1.54, 1.807) is 25.3 Å². The lowest BCUT2D eigenvalue weighted by atomic mass is 10.1. The van der Waals surface area contributed by atoms with E-state index in [4.69, 9.17) is 4.74 Å². The number of anilines is 1. The summed E-state index contributed by atoms with van der Waals surface area (Å²) in [4.78, 5) is 11.8. The van der Waals surface area contributed by atoms with Crippen molar-refractivity contribution in [2.75, 3.05) is 12.4 Å². The fourth-order valence-electron chi connectivity index (χ4n) is 1.89. The van der Waals surface area contributed by atoms with Crippen LogP contribution in [-0.4, -0.2) is 13.0 Å². The van der Waals surface area contributed by atoms with Gasteiger partial charge in [0, 0.05) is 11.8 Å². The zero-order chi connectivity index (χ0) is 15.1. The molecule has 0 spiro atoms. The van der Waals surface area contributed by atoms with Crippen molar-refractivity contribution in [3.63, 3.8) is 0 Å². The van der Waals surface area contributed by atoms with Gasteiger partial charge in [0.1, 0.15) is 5.75 Å². The molecule has 0 unspecified atom stereocenters. The van der Waals surface area contributed by atoms with Crippen LogP contribution in [0, 0.1) is 0 Å². The van der Waals surface area contributed by atoms with Crippen LogP contribution < -0.4 is 10.1 Å². The molecule has 108 valence electrons. The molecular weight excluding hydrogens is 262 g/mol. The zero-order valence-electron chi connectivity index (χ0n) is 12.3. The van der Waals surface area contributed by atoms with Gasteiger partial charge in [0.2, 0.25) is 5.91 Å². The second-order valence-corrected chi connectivity index (χ2v) is 4.65. The molecule has 0 atom stereocenters. The Labute approximate surface area is 125 Å². The first-order valence-corrected chi connectivity index (χ1v) is 6.93. The summed E-state index contributed by atoms with van der Waals surface area (Å²) in [6.07, 6.45) is 4.35. The average molecular weight is 281 g/mol. The molecule has 3 heteroatoms. The summed E-state index contributed by atoms with van der Waals surface area (Å²) in [5, 5.41) is 2.80. The highest BCUT2D eigenvalue weighted by molar-refractivity contribution is 6.01. The molecule has 2 aromatic rings. The van der Waals surface area contributed by atoms with Crippen molar-refractivity contribution in [3.8, 4) is 5.75 Å². The van der Waals surface area contributed by atoms with Crippen LogP contribution in [0.1, 0.15) is 18.1 Å². The van der Waals surface area contributed by atoms with Crippen LogP contribution in [0.5, 0.6) is 5.75 Å². The van der Waals surface area contributed by atoms with Gasteiger partial charge in [0.05, 0.1) is 7.11 Å². The maximum absolute atomic E-state index is 11.8. The lowest BCUT2D eigenvalue weighted by molar-refractivity contribution is -0.111. The largest absolute Gasteiger partial charge is 0.497 e. The van der Waals surface area contributed by atoms with Crippen molar-refractivity contribution in [1.82, 2.24) is 0 Å². The van der Waals surface area contributed by atoms with Gasteiger partial charge in [0.15, 0.2) is 0 Å². The fraction of sp³-hybridized carbons (Fsp3) is 0.167. The Morgan fingerprint density at radius 2 is 1.76 bits per heavy atom. The number of rotatable bonds is 5. The maximum Gasteiger partial charge on any atom is 0.248 e. The number of nitrogens with one attached hydrogen (secondary N) is 1. The Bertz CT molecular complexity index is 613. The van der Waals surface area contributed by atoms with Gasteiger partial charge in [-0.15, -0.1) is 0 Å². The molecular formula is C18H19NO2. The van der Waals surface area contributed by atoms with Crippen LogP contribution in [0.2, 0.25) is 0 Å². The van der Waals surface area contributed by atoms with Gasteiger partial charge in [-0.25, -0.2) is 0 Å². The minimum Gasteiger partial charge on any atom is -0.497 e. The lowest BCUT2D eigenvalue weighted by Gasteiger charge is -2.03. The van der Waals surface area contributed by atoms with Gasteiger partial charge in [-0.2, -0.15) is 0 Å². The van der Waals surface area contributed by atoms with Crippen LogP contribution in [-0.2, 0) is 11.2 Å². The molecule has 1 N–H and O–H groups in total. The number of ether oxygens (including phenoxy) is 1. The van der Waals surface area contributed by atoms with E-state index in [0.29, 0.717) is 0 Å². The molecule has 2 rings (SSSR count). The second kappa shape index (κ2) is 7.29. The SMILES string of the molecule is CCc1ccc(/C=C/C(=O)Nc2ccc(OC)cc2)cc1. The fourth-order valence-corrected chi connectivity index (χ4v) is 1.89. The summed E-state index contributed by atoms with van der Waals surface area (Å²) >= 11 is 0. The molecule has 3 nitrogen and oxygen atoms in total. The van der Waals surface area contributed by atoms with E-state index in [9.17, 15) is 4.79 Å². The summed E-state index contributed by atoms with van der Waals surface area (Å²) in [5.41, 5.74) is 3.04. The highest BCUT2D eigenvalue weighted by Gasteiger charge is 1.98. The Morgan fingerprint density at radius 3 is 2.33 bits per heavy atom. The van der Waals surface area contributed by atoms with Gasteiger partial charge >= 0.3 is 0 Å². The smallest absolute Gasteiger partial charge is 0.248 e.